The Morgan fingerprint density at radius 3 is 2.56 bits per heavy atom. The van der Waals surface area contributed by atoms with Crippen LogP contribution in [-0.4, -0.2) is 62.4 Å². The van der Waals surface area contributed by atoms with Crippen LogP contribution in [0.15, 0.2) is 40.9 Å². The largest absolute Gasteiger partial charge is 0.504 e. The minimum Gasteiger partial charge on any atom is -0.504 e. The lowest BCUT2D eigenvalue weighted by Gasteiger charge is -2.33. The van der Waals surface area contributed by atoms with E-state index >= 15 is 0 Å². The van der Waals surface area contributed by atoms with Crippen molar-refractivity contribution < 1.29 is 34.7 Å². The first kappa shape index (κ1) is 35.0. The molecule has 45 heavy (non-hydrogen) atoms. The number of aromatic nitrogens is 1. The molecule has 4 rings (SSSR count). The molecule has 0 radical (unpaired) electrons. The van der Waals surface area contributed by atoms with E-state index in [0.29, 0.717) is 43.2 Å². The maximum atomic E-state index is 11.1. The van der Waals surface area contributed by atoms with E-state index in [-0.39, 0.29) is 37.5 Å². The molecule has 1 aliphatic carbocycles. The van der Waals surface area contributed by atoms with E-state index in [1.54, 1.807) is 19.1 Å². The Bertz CT molecular complexity index is 1280. The number of aliphatic hydroxyl groups is 4. The number of furan rings is 1. The molecule has 0 amide bonds. The number of benzene rings is 1. The third-order valence-electron chi connectivity index (χ3n) is 9.12. The number of aromatic amines is 1. The van der Waals surface area contributed by atoms with Gasteiger partial charge in [-0.25, -0.2) is 0 Å². The van der Waals surface area contributed by atoms with Crippen LogP contribution in [0.25, 0.3) is 0 Å². The summed E-state index contributed by atoms with van der Waals surface area (Å²) in [6, 6.07) is 9.31. The molecule has 9 heteroatoms. The quantitative estimate of drug-likeness (QED) is 0.0877. The van der Waals surface area contributed by atoms with Crippen LogP contribution in [0.4, 0.5) is 0 Å². The summed E-state index contributed by atoms with van der Waals surface area (Å²) in [5, 5.41) is 54.3. The van der Waals surface area contributed by atoms with Gasteiger partial charge in [0.2, 0.25) is 0 Å². The summed E-state index contributed by atoms with van der Waals surface area (Å²) in [7, 11) is 0. The van der Waals surface area contributed by atoms with Crippen LogP contribution in [0.5, 0.6) is 11.5 Å². The number of aromatic hydroxyl groups is 1. The van der Waals surface area contributed by atoms with Crippen LogP contribution in [0.3, 0.4) is 0 Å². The standard InChI is InChI=1S/C36H54N2O7/c1-3-4-11-34-28(22-40)18-29(45-34)14-12-25-13-15-32(42)35(17-25)44-23-33(43)31-19-27(21-38-31)36(26-8-5-6-9-26)30(10-7-16-39)37-20-24(2)41/h13,15,17-19,21,24,26,30,33,36-43H,3-12,14,16,20,22-23H2,1-2H3/t24-,30-,33-,36-/m0/s1. The number of unbranched alkanes of at least 4 members (excludes halogenated alkanes) is 1. The molecule has 1 fully saturated rings. The van der Waals surface area contributed by atoms with Crippen molar-refractivity contribution in [1.29, 1.82) is 0 Å². The Morgan fingerprint density at radius 2 is 1.84 bits per heavy atom. The Kier molecular flexibility index (Phi) is 13.8. The highest BCUT2D eigenvalue weighted by atomic mass is 16.5. The van der Waals surface area contributed by atoms with Gasteiger partial charge in [0.1, 0.15) is 24.2 Å². The topological polar surface area (TPSA) is 151 Å². The molecule has 0 saturated heterocycles. The number of rotatable bonds is 20. The monoisotopic (exact) mass is 626 g/mol. The predicted octanol–water partition coefficient (Wildman–Crippen LogP) is 5.43. The van der Waals surface area contributed by atoms with Gasteiger partial charge in [-0.3, -0.25) is 0 Å². The highest BCUT2D eigenvalue weighted by Crippen LogP contribution is 2.41. The number of phenols is 1. The van der Waals surface area contributed by atoms with E-state index in [2.05, 4.69) is 17.2 Å². The zero-order valence-corrected chi connectivity index (χ0v) is 27.0. The molecular formula is C36H54N2O7. The van der Waals surface area contributed by atoms with Crippen molar-refractivity contribution in [1.82, 2.24) is 10.3 Å². The molecule has 250 valence electrons. The average molecular weight is 627 g/mol. The lowest BCUT2D eigenvalue weighted by atomic mass is 9.78. The zero-order chi connectivity index (χ0) is 32.2. The molecule has 2 aromatic heterocycles. The van der Waals surface area contributed by atoms with E-state index in [4.69, 9.17) is 9.15 Å². The van der Waals surface area contributed by atoms with Crippen LogP contribution < -0.4 is 10.1 Å². The molecule has 0 aliphatic heterocycles. The molecule has 1 aliphatic rings. The lowest BCUT2D eigenvalue weighted by Crippen LogP contribution is -2.41. The summed E-state index contributed by atoms with van der Waals surface area (Å²) in [6.07, 6.45) is 11.0. The SMILES string of the molecule is CCCCc1oc(CCc2ccc(O)c(OC[C@H](O)c3cc([C@H](C4CCCC4)[C@H](CCCO)NC[C@H](C)O)c[nH]3)c2)cc1CO. The summed E-state index contributed by atoms with van der Waals surface area (Å²) in [5.74, 6) is 2.70. The number of ether oxygens (including phenoxy) is 1. The van der Waals surface area contributed by atoms with Crippen molar-refractivity contribution in [3.05, 3.63) is 70.4 Å². The average Bonchev–Trinajstić information content (AvgIpc) is 3.82. The van der Waals surface area contributed by atoms with Gasteiger partial charge in [0.05, 0.1) is 12.7 Å². The molecular weight excluding hydrogens is 572 g/mol. The van der Waals surface area contributed by atoms with Crippen LogP contribution in [0, 0.1) is 5.92 Å². The minimum absolute atomic E-state index is 0.0118. The first-order chi connectivity index (χ1) is 21.8. The van der Waals surface area contributed by atoms with E-state index in [9.17, 15) is 25.5 Å². The molecule has 9 nitrogen and oxygen atoms in total. The second-order valence-electron chi connectivity index (χ2n) is 12.7. The van der Waals surface area contributed by atoms with Gasteiger partial charge in [-0.05, 0) is 86.8 Å². The predicted molar refractivity (Wildman–Crippen MR) is 174 cm³/mol. The maximum Gasteiger partial charge on any atom is 0.161 e. The number of hydrogen-bond acceptors (Lipinski definition) is 8. The summed E-state index contributed by atoms with van der Waals surface area (Å²) in [6.45, 7) is 4.45. The zero-order valence-electron chi connectivity index (χ0n) is 27.0. The van der Waals surface area contributed by atoms with Crippen molar-refractivity contribution in [2.75, 3.05) is 19.8 Å². The van der Waals surface area contributed by atoms with Gasteiger partial charge < -0.3 is 45.0 Å². The molecule has 3 aromatic rings. The van der Waals surface area contributed by atoms with Gasteiger partial charge in [-0.1, -0.05) is 32.3 Å². The number of nitrogens with one attached hydrogen (secondary N) is 2. The van der Waals surface area contributed by atoms with Crippen molar-refractivity contribution in [2.24, 2.45) is 5.92 Å². The Balaban J connectivity index is 1.40. The fraction of sp³-hybridized carbons (Fsp3) is 0.611. The molecule has 2 heterocycles. The number of aryl methyl sites for hydroxylation is 3. The fourth-order valence-electron chi connectivity index (χ4n) is 6.70. The van der Waals surface area contributed by atoms with Gasteiger partial charge in [-0.2, -0.15) is 0 Å². The highest BCUT2D eigenvalue weighted by Gasteiger charge is 2.33. The van der Waals surface area contributed by atoms with Crippen molar-refractivity contribution >= 4 is 0 Å². The summed E-state index contributed by atoms with van der Waals surface area (Å²) >= 11 is 0. The van der Waals surface area contributed by atoms with Crippen molar-refractivity contribution in [2.45, 2.75) is 115 Å². The maximum absolute atomic E-state index is 11.1. The van der Waals surface area contributed by atoms with E-state index in [1.165, 1.54) is 12.8 Å². The van der Waals surface area contributed by atoms with Gasteiger partial charge >= 0.3 is 0 Å². The third-order valence-corrected chi connectivity index (χ3v) is 9.12. The molecule has 7 N–H and O–H groups in total. The third kappa shape index (κ3) is 10.1. The molecule has 4 atom stereocenters. The smallest absolute Gasteiger partial charge is 0.161 e. The first-order valence-electron chi connectivity index (χ1n) is 16.9. The van der Waals surface area contributed by atoms with Crippen LogP contribution in [-0.2, 0) is 25.9 Å². The van der Waals surface area contributed by atoms with E-state index < -0.39 is 12.2 Å². The first-order valence-corrected chi connectivity index (χ1v) is 16.9. The lowest BCUT2D eigenvalue weighted by molar-refractivity contribution is 0.103. The van der Waals surface area contributed by atoms with Gasteiger partial charge in [-0.15, -0.1) is 0 Å². The normalized spacial score (nSPS) is 16.6. The molecule has 1 aromatic carbocycles. The Morgan fingerprint density at radius 1 is 1.04 bits per heavy atom. The second kappa shape index (κ2) is 17.8. The molecule has 0 unspecified atom stereocenters. The highest BCUT2D eigenvalue weighted by molar-refractivity contribution is 5.42. The molecule has 0 spiro atoms. The number of phenolic OH excluding ortho intramolecular Hbond substituents is 1. The summed E-state index contributed by atoms with van der Waals surface area (Å²) in [5.41, 5.74) is 3.58. The van der Waals surface area contributed by atoms with Crippen LogP contribution in [0.1, 0.15) is 111 Å². The van der Waals surface area contributed by atoms with E-state index in [1.807, 2.05) is 24.4 Å². The Labute approximate surface area is 267 Å². The van der Waals surface area contributed by atoms with Crippen LogP contribution in [0.2, 0.25) is 0 Å². The van der Waals surface area contributed by atoms with Crippen molar-refractivity contribution in [3.8, 4) is 11.5 Å². The van der Waals surface area contributed by atoms with Gasteiger partial charge in [0.15, 0.2) is 11.5 Å². The minimum atomic E-state index is -0.922. The number of hydrogen-bond donors (Lipinski definition) is 7. The number of aliphatic hydroxyl groups excluding tert-OH is 4. The van der Waals surface area contributed by atoms with Crippen molar-refractivity contribution in [3.63, 3.8) is 0 Å². The fourth-order valence-corrected chi connectivity index (χ4v) is 6.70. The Hall–Kier alpha value is -2.82. The summed E-state index contributed by atoms with van der Waals surface area (Å²) < 4.78 is 11.9. The molecule has 1 saturated carbocycles. The summed E-state index contributed by atoms with van der Waals surface area (Å²) in [4.78, 5) is 3.26. The van der Waals surface area contributed by atoms with Gasteiger partial charge in [0.25, 0.3) is 0 Å². The number of H-pyrrole nitrogens is 1. The second-order valence-corrected chi connectivity index (χ2v) is 12.7. The molecule has 0 bridgehead atoms. The van der Waals surface area contributed by atoms with Crippen LogP contribution >= 0.6 is 0 Å². The van der Waals surface area contributed by atoms with E-state index in [0.717, 1.165) is 66.7 Å². The van der Waals surface area contributed by atoms with Gasteiger partial charge in [0, 0.05) is 55.4 Å².